The Morgan fingerprint density at radius 3 is 2.90 bits per heavy atom. The second-order valence-electron chi connectivity index (χ2n) is 4.31. The zero-order valence-corrected chi connectivity index (χ0v) is 10.7. The number of nitrogens with zero attached hydrogens (tertiary/aromatic N) is 1. The number of aromatic nitrogens is 2. The first-order valence-electron chi connectivity index (χ1n) is 6.24. The molecule has 20 heavy (non-hydrogen) atoms. The average molecular weight is 267 g/mol. The summed E-state index contributed by atoms with van der Waals surface area (Å²) in [6, 6.07) is 14.7. The highest BCUT2D eigenvalue weighted by Gasteiger charge is 2.04. The molecule has 0 unspecified atom stereocenters. The average Bonchev–Trinajstić information content (AvgIpc) is 2.93. The van der Waals surface area contributed by atoms with E-state index < -0.39 is 6.09 Å². The van der Waals surface area contributed by atoms with E-state index in [1.165, 1.54) is 0 Å². The van der Waals surface area contributed by atoms with Gasteiger partial charge < -0.3 is 15.0 Å². The Hall–Kier alpha value is -2.82. The van der Waals surface area contributed by atoms with Gasteiger partial charge in [0.25, 0.3) is 0 Å². The molecule has 0 aliphatic carbocycles. The fraction of sp³-hybridized carbons (Fsp3) is 0.0667. The first-order valence-corrected chi connectivity index (χ1v) is 6.24. The van der Waals surface area contributed by atoms with Gasteiger partial charge in [-0.1, -0.05) is 24.3 Å². The van der Waals surface area contributed by atoms with E-state index in [4.69, 9.17) is 4.74 Å². The first kappa shape index (κ1) is 12.2. The Bertz CT molecular complexity index is 722. The van der Waals surface area contributed by atoms with Gasteiger partial charge in [-0.3, -0.25) is 0 Å². The summed E-state index contributed by atoms with van der Waals surface area (Å²) in [6.07, 6.45) is 1.17. The van der Waals surface area contributed by atoms with Gasteiger partial charge >= 0.3 is 6.09 Å². The maximum absolute atomic E-state index is 11.6. The van der Waals surface area contributed by atoms with Crippen LogP contribution in [0.2, 0.25) is 0 Å². The molecule has 0 saturated heterocycles. The van der Waals surface area contributed by atoms with Gasteiger partial charge in [0.05, 0.1) is 17.4 Å². The lowest BCUT2D eigenvalue weighted by Crippen LogP contribution is -2.26. The molecule has 0 saturated carbocycles. The molecule has 2 N–H and O–H groups in total. The molecular weight excluding hydrogens is 254 g/mol. The minimum absolute atomic E-state index is 0.403. The highest BCUT2D eigenvalue weighted by Crippen LogP contribution is 2.12. The highest BCUT2D eigenvalue weighted by molar-refractivity contribution is 5.75. The van der Waals surface area contributed by atoms with Crippen molar-refractivity contribution in [3.8, 4) is 5.75 Å². The summed E-state index contributed by atoms with van der Waals surface area (Å²) in [6.45, 7) is 0.403. The van der Waals surface area contributed by atoms with Crippen molar-refractivity contribution in [2.45, 2.75) is 6.54 Å². The Kier molecular flexibility index (Phi) is 3.33. The number of ether oxygens (including phenoxy) is 1. The number of fused-ring (bicyclic) bond motifs is 1. The van der Waals surface area contributed by atoms with Crippen LogP contribution in [0.25, 0.3) is 11.0 Å². The molecule has 1 amide bonds. The van der Waals surface area contributed by atoms with Crippen LogP contribution in [0.5, 0.6) is 5.75 Å². The van der Waals surface area contributed by atoms with Crippen LogP contribution in [-0.2, 0) is 6.54 Å². The number of benzene rings is 2. The minimum atomic E-state index is -0.471. The van der Waals surface area contributed by atoms with Crippen LogP contribution < -0.4 is 10.1 Å². The van der Waals surface area contributed by atoms with E-state index in [2.05, 4.69) is 15.3 Å². The normalized spacial score (nSPS) is 10.4. The van der Waals surface area contributed by atoms with E-state index in [0.717, 1.165) is 16.6 Å². The van der Waals surface area contributed by atoms with Crippen LogP contribution in [0.4, 0.5) is 4.79 Å². The zero-order valence-electron chi connectivity index (χ0n) is 10.7. The van der Waals surface area contributed by atoms with Gasteiger partial charge in [0.1, 0.15) is 5.75 Å². The van der Waals surface area contributed by atoms with Gasteiger partial charge in [-0.25, -0.2) is 9.78 Å². The van der Waals surface area contributed by atoms with Crippen molar-refractivity contribution >= 4 is 17.1 Å². The molecule has 1 aromatic heterocycles. The van der Waals surface area contributed by atoms with Gasteiger partial charge in [-0.2, -0.15) is 0 Å². The van der Waals surface area contributed by atoms with Crippen molar-refractivity contribution in [3.05, 3.63) is 60.4 Å². The zero-order chi connectivity index (χ0) is 13.8. The summed E-state index contributed by atoms with van der Waals surface area (Å²) < 4.78 is 5.14. The summed E-state index contributed by atoms with van der Waals surface area (Å²) in [5.74, 6) is 0.522. The number of amides is 1. The summed E-state index contributed by atoms with van der Waals surface area (Å²) in [4.78, 5) is 18.8. The summed E-state index contributed by atoms with van der Waals surface area (Å²) in [7, 11) is 0. The molecule has 0 aliphatic heterocycles. The number of carbonyl (C=O) groups excluding carboxylic acids is 1. The second kappa shape index (κ2) is 5.44. The maximum Gasteiger partial charge on any atom is 0.412 e. The van der Waals surface area contributed by atoms with Crippen molar-refractivity contribution in [1.82, 2.24) is 15.3 Å². The van der Waals surface area contributed by atoms with E-state index in [1.54, 1.807) is 18.5 Å². The molecule has 0 atom stereocenters. The molecule has 0 radical (unpaired) electrons. The molecule has 0 bridgehead atoms. The van der Waals surface area contributed by atoms with Crippen molar-refractivity contribution in [2.75, 3.05) is 0 Å². The molecule has 0 spiro atoms. The van der Waals surface area contributed by atoms with Crippen LogP contribution >= 0.6 is 0 Å². The van der Waals surface area contributed by atoms with Crippen molar-refractivity contribution in [2.24, 2.45) is 0 Å². The fourth-order valence-electron chi connectivity index (χ4n) is 1.90. The predicted octanol–water partition coefficient (Wildman–Crippen LogP) is 2.85. The monoisotopic (exact) mass is 267 g/mol. The van der Waals surface area contributed by atoms with Crippen LogP contribution in [0.15, 0.2) is 54.9 Å². The van der Waals surface area contributed by atoms with Crippen LogP contribution in [0.1, 0.15) is 5.56 Å². The van der Waals surface area contributed by atoms with E-state index in [0.29, 0.717) is 12.3 Å². The van der Waals surface area contributed by atoms with Crippen LogP contribution in [0, 0.1) is 0 Å². The molecule has 3 aromatic rings. The fourth-order valence-corrected chi connectivity index (χ4v) is 1.90. The van der Waals surface area contributed by atoms with E-state index >= 15 is 0 Å². The topological polar surface area (TPSA) is 67.0 Å². The molecule has 2 aromatic carbocycles. The number of nitrogens with one attached hydrogen (secondary N) is 2. The number of para-hydroxylation sites is 1. The molecule has 100 valence electrons. The number of H-pyrrole nitrogens is 1. The Labute approximate surface area is 115 Å². The highest BCUT2D eigenvalue weighted by atomic mass is 16.5. The van der Waals surface area contributed by atoms with Gasteiger partial charge in [0.2, 0.25) is 0 Å². The largest absolute Gasteiger partial charge is 0.412 e. The lowest BCUT2D eigenvalue weighted by molar-refractivity contribution is 0.200. The SMILES string of the molecule is O=C(NCc1ccc2nc[nH]c2c1)Oc1ccccc1. The number of carbonyl (C=O) groups is 1. The Balaban J connectivity index is 1.59. The summed E-state index contributed by atoms with van der Waals surface area (Å²) >= 11 is 0. The third-order valence-corrected chi connectivity index (χ3v) is 2.88. The lowest BCUT2D eigenvalue weighted by atomic mass is 10.2. The van der Waals surface area contributed by atoms with E-state index in [9.17, 15) is 4.79 Å². The Morgan fingerprint density at radius 2 is 2.05 bits per heavy atom. The second-order valence-corrected chi connectivity index (χ2v) is 4.31. The molecule has 5 heteroatoms. The molecule has 0 aliphatic rings. The quantitative estimate of drug-likeness (QED) is 0.766. The molecule has 5 nitrogen and oxygen atoms in total. The number of hydrogen-bond acceptors (Lipinski definition) is 3. The number of rotatable bonds is 3. The molecular formula is C15H13N3O2. The predicted molar refractivity (Wildman–Crippen MR) is 75.4 cm³/mol. The summed E-state index contributed by atoms with van der Waals surface area (Å²) in [5, 5.41) is 2.71. The lowest BCUT2D eigenvalue weighted by Gasteiger charge is -2.06. The third-order valence-electron chi connectivity index (χ3n) is 2.88. The first-order chi connectivity index (χ1) is 9.81. The Morgan fingerprint density at radius 1 is 1.20 bits per heavy atom. The van der Waals surface area contributed by atoms with Crippen LogP contribution in [-0.4, -0.2) is 16.1 Å². The van der Waals surface area contributed by atoms with E-state index in [-0.39, 0.29) is 0 Å². The summed E-state index contributed by atoms with van der Waals surface area (Å²) in [5.41, 5.74) is 2.83. The van der Waals surface area contributed by atoms with Gasteiger partial charge in [-0.15, -0.1) is 0 Å². The molecule has 1 heterocycles. The molecule has 0 fully saturated rings. The number of hydrogen-bond donors (Lipinski definition) is 2. The van der Waals surface area contributed by atoms with Gasteiger partial charge in [0.15, 0.2) is 0 Å². The van der Waals surface area contributed by atoms with Crippen molar-refractivity contribution in [1.29, 1.82) is 0 Å². The maximum atomic E-state index is 11.6. The standard InChI is InChI=1S/C15H13N3O2/c19-15(20-12-4-2-1-3-5-12)16-9-11-6-7-13-14(8-11)18-10-17-13/h1-8,10H,9H2,(H,16,19)(H,17,18). The van der Waals surface area contributed by atoms with E-state index in [1.807, 2.05) is 36.4 Å². The van der Waals surface area contributed by atoms with Crippen LogP contribution in [0.3, 0.4) is 0 Å². The van der Waals surface area contributed by atoms with Crippen molar-refractivity contribution in [3.63, 3.8) is 0 Å². The minimum Gasteiger partial charge on any atom is -0.410 e. The van der Waals surface area contributed by atoms with Crippen molar-refractivity contribution < 1.29 is 9.53 Å². The molecule has 3 rings (SSSR count). The van der Waals surface area contributed by atoms with Gasteiger partial charge in [-0.05, 0) is 29.8 Å². The third kappa shape index (κ3) is 2.77. The number of aromatic amines is 1. The van der Waals surface area contributed by atoms with Gasteiger partial charge in [0, 0.05) is 6.54 Å². The number of imidazole rings is 1. The smallest absolute Gasteiger partial charge is 0.410 e.